The molecule has 1 N–H and O–H groups in total. The highest BCUT2D eigenvalue weighted by molar-refractivity contribution is 5.97. The zero-order valence-corrected chi connectivity index (χ0v) is 18.6. The van der Waals surface area contributed by atoms with Gasteiger partial charge in [0.25, 0.3) is 5.91 Å². The fraction of sp³-hybridized carbons (Fsp3) is 0.375. The van der Waals surface area contributed by atoms with E-state index in [1.807, 2.05) is 20.8 Å². The van der Waals surface area contributed by atoms with Crippen LogP contribution in [0.2, 0.25) is 0 Å². The molecule has 31 heavy (non-hydrogen) atoms. The Hall–Kier alpha value is -3.35. The molecule has 0 aliphatic carbocycles. The molecular weight excluding hydrogens is 398 g/mol. The van der Waals surface area contributed by atoms with Crippen molar-refractivity contribution in [2.75, 3.05) is 13.7 Å². The third kappa shape index (κ3) is 6.57. The minimum atomic E-state index is -0.832. The van der Waals surface area contributed by atoms with Crippen LogP contribution in [0.25, 0.3) is 0 Å². The van der Waals surface area contributed by atoms with Gasteiger partial charge < -0.3 is 19.5 Å². The number of methoxy groups -OCH3 is 1. The molecule has 2 aromatic carbocycles. The van der Waals surface area contributed by atoms with E-state index in [2.05, 4.69) is 5.32 Å². The van der Waals surface area contributed by atoms with E-state index < -0.39 is 12.0 Å². The molecule has 0 fully saturated rings. The summed E-state index contributed by atoms with van der Waals surface area (Å²) in [5.41, 5.74) is 1.48. The van der Waals surface area contributed by atoms with Crippen LogP contribution in [0.1, 0.15) is 54.0 Å². The molecule has 1 amide bonds. The third-order valence-electron chi connectivity index (χ3n) is 4.69. The molecule has 2 rings (SSSR count). The first-order valence-corrected chi connectivity index (χ1v) is 10.1. The lowest BCUT2D eigenvalue weighted by Gasteiger charge is -2.21. The number of nitrogens with one attached hydrogen (secondary N) is 1. The van der Waals surface area contributed by atoms with Crippen LogP contribution in [0.15, 0.2) is 42.5 Å². The molecule has 7 nitrogen and oxygen atoms in total. The SMILES string of the molecule is CCOc1ccc(C(=O)N[C@H](C(=O)OCc2cc(C(C)=O)ccc2OC)C(C)C)cc1. The van der Waals surface area contributed by atoms with Gasteiger partial charge in [0.2, 0.25) is 0 Å². The fourth-order valence-electron chi connectivity index (χ4n) is 2.94. The number of hydrogen-bond donors (Lipinski definition) is 1. The van der Waals surface area contributed by atoms with Crippen molar-refractivity contribution in [2.45, 2.75) is 40.3 Å². The predicted octanol–water partition coefficient (Wildman–Crippen LogP) is 3.79. The summed E-state index contributed by atoms with van der Waals surface area (Å²) < 4.78 is 16.1. The molecule has 0 radical (unpaired) electrons. The maximum absolute atomic E-state index is 12.7. The number of esters is 1. The zero-order chi connectivity index (χ0) is 23.0. The van der Waals surface area contributed by atoms with E-state index in [-0.39, 0.29) is 24.2 Å². The van der Waals surface area contributed by atoms with Crippen molar-refractivity contribution in [1.29, 1.82) is 0 Å². The molecule has 0 heterocycles. The normalized spacial score (nSPS) is 11.5. The first-order chi connectivity index (χ1) is 14.8. The smallest absolute Gasteiger partial charge is 0.329 e. The van der Waals surface area contributed by atoms with Gasteiger partial charge in [0.15, 0.2) is 5.78 Å². The quantitative estimate of drug-likeness (QED) is 0.458. The van der Waals surface area contributed by atoms with Gasteiger partial charge in [0.1, 0.15) is 24.1 Å². The highest BCUT2D eigenvalue weighted by Gasteiger charge is 2.26. The summed E-state index contributed by atoms with van der Waals surface area (Å²) in [4.78, 5) is 37.0. The standard InChI is InChI=1S/C24H29NO6/c1-6-30-20-10-7-17(8-11-20)23(27)25-22(15(2)3)24(28)31-14-19-13-18(16(4)26)9-12-21(19)29-5/h7-13,15,22H,6,14H2,1-5H3,(H,25,27)/t22-/m0/s1. The Morgan fingerprint density at radius 3 is 2.19 bits per heavy atom. The van der Waals surface area contributed by atoms with E-state index in [9.17, 15) is 14.4 Å². The van der Waals surface area contributed by atoms with Crippen LogP contribution < -0.4 is 14.8 Å². The number of ketones is 1. The second-order valence-corrected chi connectivity index (χ2v) is 7.34. The predicted molar refractivity (Wildman–Crippen MR) is 116 cm³/mol. The number of benzene rings is 2. The second-order valence-electron chi connectivity index (χ2n) is 7.34. The van der Waals surface area contributed by atoms with Crippen molar-refractivity contribution < 1.29 is 28.6 Å². The molecule has 7 heteroatoms. The summed E-state index contributed by atoms with van der Waals surface area (Å²) in [6, 6.07) is 10.8. The van der Waals surface area contributed by atoms with Crippen LogP contribution in [0.4, 0.5) is 0 Å². The highest BCUT2D eigenvalue weighted by Crippen LogP contribution is 2.22. The van der Waals surface area contributed by atoms with Crippen molar-refractivity contribution in [2.24, 2.45) is 5.92 Å². The molecule has 0 aromatic heterocycles. The number of ether oxygens (including phenoxy) is 3. The Bertz CT molecular complexity index is 920. The van der Waals surface area contributed by atoms with Gasteiger partial charge in [-0.25, -0.2) is 4.79 Å². The maximum atomic E-state index is 12.7. The Kier molecular flexibility index (Phi) is 8.61. The number of carbonyl (C=O) groups is 3. The molecule has 166 valence electrons. The molecule has 0 saturated heterocycles. The van der Waals surface area contributed by atoms with E-state index in [0.717, 1.165) is 0 Å². The van der Waals surface area contributed by atoms with Gasteiger partial charge in [-0.15, -0.1) is 0 Å². The molecule has 0 unspecified atom stereocenters. The van der Waals surface area contributed by atoms with Crippen molar-refractivity contribution in [3.05, 3.63) is 59.2 Å². The Balaban J connectivity index is 2.08. The number of carbonyl (C=O) groups excluding carboxylic acids is 3. The zero-order valence-electron chi connectivity index (χ0n) is 18.6. The van der Waals surface area contributed by atoms with Crippen LogP contribution in [0.3, 0.4) is 0 Å². The van der Waals surface area contributed by atoms with Gasteiger partial charge in [-0.3, -0.25) is 9.59 Å². The van der Waals surface area contributed by atoms with E-state index in [0.29, 0.717) is 34.8 Å². The minimum absolute atomic E-state index is 0.0781. The Labute approximate surface area is 182 Å². The molecule has 0 aliphatic heterocycles. The van der Waals surface area contributed by atoms with E-state index >= 15 is 0 Å². The molecular formula is C24H29NO6. The molecule has 2 aromatic rings. The van der Waals surface area contributed by atoms with Gasteiger partial charge in [-0.05, 0) is 62.2 Å². The summed E-state index contributed by atoms with van der Waals surface area (Å²) in [5.74, 6) is -0.0557. The first kappa shape index (κ1) is 23.9. The molecule has 0 bridgehead atoms. The Morgan fingerprint density at radius 2 is 1.65 bits per heavy atom. The van der Waals surface area contributed by atoms with Crippen LogP contribution in [0.5, 0.6) is 11.5 Å². The third-order valence-corrected chi connectivity index (χ3v) is 4.69. The maximum Gasteiger partial charge on any atom is 0.329 e. The van der Waals surface area contributed by atoms with Crippen molar-refractivity contribution in [3.8, 4) is 11.5 Å². The largest absolute Gasteiger partial charge is 0.496 e. The topological polar surface area (TPSA) is 90.9 Å². The minimum Gasteiger partial charge on any atom is -0.496 e. The summed E-state index contributed by atoms with van der Waals surface area (Å²) in [5, 5.41) is 2.74. The summed E-state index contributed by atoms with van der Waals surface area (Å²) in [6.45, 7) is 7.44. The summed E-state index contributed by atoms with van der Waals surface area (Å²) in [6.07, 6.45) is 0. The van der Waals surface area contributed by atoms with Crippen LogP contribution in [-0.4, -0.2) is 37.4 Å². The second kappa shape index (κ2) is 11.2. The van der Waals surface area contributed by atoms with Gasteiger partial charge in [-0.1, -0.05) is 13.8 Å². The number of rotatable bonds is 10. The number of hydrogen-bond acceptors (Lipinski definition) is 6. The molecule has 1 atom stereocenters. The summed E-state index contributed by atoms with van der Waals surface area (Å²) >= 11 is 0. The molecule has 0 aliphatic rings. The van der Waals surface area contributed by atoms with Gasteiger partial charge >= 0.3 is 5.97 Å². The molecule has 0 spiro atoms. The van der Waals surface area contributed by atoms with Gasteiger partial charge in [0, 0.05) is 16.7 Å². The fourth-order valence-corrected chi connectivity index (χ4v) is 2.94. The van der Waals surface area contributed by atoms with Crippen LogP contribution in [0, 0.1) is 5.92 Å². The first-order valence-electron chi connectivity index (χ1n) is 10.1. The average Bonchev–Trinajstić information content (AvgIpc) is 2.75. The van der Waals surface area contributed by atoms with Crippen molar-refractivity contribution in [1.82, 2.24) is 5.32 Å². The lowest BCUT2D eigenvalue weighted by atomic mass is 10.0. The van der Waals surface area contributed by atoms with Gasteiger partial charge in [-0.2, -0.15) is 0 Å². The number of Topliss-reactive ketones (excluding diaryl/α,β-unsaturated/α-hetero) is 1. The Morgan fingerprint density at radius 1 is 1.00 bits per heavy atom. The lowest BCUT2D eigenvalue weighted by Crippen LogP contribution is -2.45. The van der Waals surface area contributed by atoms with E-state index in [1.165, 1.54) is 14.0 Å². The monoisotopic (exact) mass is 427 g/mol. The van der Waals surface area contributed by atoms with Crippen molar-refractivity contribution >= 4 is 17.7 Å². The van der Waals surface area contributed by atoms with E-state index in [4.69, 9.17) is 14.2 Å². The highest BCUT2D eigenvalue weighted by atomic mass is 16.5. The van der Waals surface area contributed by atoms with Crippen LogP contribution in [-0.2, 0) is 16.1 Å². The van der Waals surface area contributed by atoms with Crippen molar-refractivity contribution in [3.63, 3.8) is 0 Å². The average molecular weight is 427 g/mol. The van der Waals surface area contributed by atoms with Crippen LogP contribution >= 0.6 is 0 Å². The summed E-state index contributed by atoms with van der Waals surface area (Å²) in [7, 11) is 1.50. The van der Waals surface area contributed by atoms with E-state index in [1.54, 1.807) is 42.5 Å². The number of amides is 1. The van der Waals surface area contributed by atoms with Gasteiger partial charge in [0.05, 0.1) is 13.7 Å². The lowest BCUT2D eigenvalue weighted by molar-refractivity contribution is -0.148. The molecule has 0 saturated carbocycles.